The molecule has 180 valence electrons. The minimum absolute atomic E-state index is 0.0519. The highest BCUT2D eigenvalue weighted by Gasteiger charge is 2.39. The molecule has 12 heteroatoms. The molecule has 1 fully saturated rings. The number of ether oxygens (including phenoxy) is 2. The fourth-order valence-corrected chi connectivity index (χ4v) is 3.59. The number of unbranched alkanes of at least 4 members (excludes halogenated alkanes) is 1. The van der Waals surface area contributed by atoms with Gasteiger partial charge < -0.3 is 19.9 Å². The third-order valence-corrected chi connectivity index (χ3v) is 5.38. The second kappa shape index (κ2) is 9.77. The van der Waals surface area contributed by atoms with Crippen LogP contribution in [0.5, 0.6) is 5.75 Å². The van der Waals surface area contributed by atoms with Crippen LogP contribution in [0.4, 0.5) is 13.2 Å². The topological polar surface area (TPSA) is 120 Å². The summed E-state index contributed by atoms with van der Waals surface area (Å²) >= 11 is 0. The van der Waals surface area contributed by atoms with Gasteiger partial charge in [-0.2, -0.15) is 13.2 Å². The van der Waals surface area contributed by atoms with Gasteiger partial charge in [0, 0.05) is 19.6 Å². The Kier molecular flexibility index (Phi) is 7.25. The van der Waals surface area contributed by atoms with Gasteiger partial charge >= 0.3 is 12.1 Å². The normalized spacial score (nSPS) is 16.2. The molecule has 33 heavy (non-hydrogen) atoms. The van der Waals surface area contributed by atoms with Crippen molar-refractivity contribution in [2.75, 3.05) is 26.4 Å². The summed E-state index contributed by atoms with van der Waals surface area (Å²) in [5.74, 6) is -3.21. The largest absolute Gasteiger partial charge is 0.506 e. The molecule has 3 rings (SSSR count). The van der Waals surface area contributed by atoms with Gasteiger partial charge in [-0.25, -0.2) is 4.98 Å². The van der Waals surface area contributed by atoms with Gasteiger partial charge in [-0.1, -0.05) is 13.3 Å². The third-order valence-electron chi connectivity index (χ3n) is 5.38. The number of fused-ring (bicyclic) bond motifs is 1. The minimum Gasteiger partial charge on any atom is -0.506 e. The Morgan fingerprint density at radius 3 is 2.73 bits per heavy atom. The summed E-state index contributed by atoms with van der Waals surface area (Å²) in [5, 5.41) is 12.7. The monoisotopic (exact) mass is 471 g/mol. The Bertz CT molecular complexity index is 1120. The van der Waals surface area contributed by atoms with Crippen molar-refractivity contribution in [3.05, 3.63) is 33.2 Å². The van der Waals surface area contributed by atoms with Crippen LogP contribution in [0.2, 0.25) is 0 Å². The van der Waals surface area contributed by atoms with Crippen LogP contribution in [-0.4, -0.2) is 52.9 Å². The van der Waals surface area contributed by atoms with Crippen molar-refractivity contribution in [3.63, 3.8) is 0 Å². The molecule has 0 bridgehead atoms. The van der Waals surface area contributed by atoms with E-state index in [-0.39, 0.29) is 30.8 Å². The minimum atomic E-state index is -4.80. The summed E-state index contributed by atoms with van der Waals surface area (Å²) in [5.41, 5.74) is -3.56. The lowest BCUT2D eigenvalue weighted by Crippen LogP contribution is -2.36. The van der Waals surface area contributed by atoms with E-state index in [0.717, 1.165) is 24.1 Å². The van der Waals surface area contributed by atoms with E-state index in [1.54, 1.807) is 0 Å². The Balaban J connectivity index is 2.03. The number of aryl methyl sites for hydroxylation is 1. The SMILES string of the molecule is CCCCOC(=O)CNC(=O)c1c(O)c2cc(C3CCOC3)c(C(F)(F)F)nc2n(C)c1=O. The number of aromatic hydroxyl groups is 1. The van der Waals surface area contributed by atoms with E-state index in [0.29, 0.717) is 12.8 Å². The van der Waals surface area contributed by atoms with E-state index < -0.39 is 58.7 Å². The highest BCUT2D eigenvalue weighted by atomic mass is 19.4. The molecule has 0 aliphatic carbocycles. The van der Waals surface area contributed by atoms with Crippen LogP contribution in [0.1, 0.15) is 53.7 Å². The third kappa shape index (κ3) is 5.10. The fourth-order valence-electron chi connectivity index (χ4n) is 3.59. The highest BCUT2D eigenvalue weighted by molar-refractivity contribution is 6.02. The quantitative estimate of drug-likeness (QED) is 0.469. The molecule has 3 heterocycles. The second-order valence-electron chi connectivity index (χ2n) is 7.70. The van der Waals surface area contributed by atoms with Gasteiger partial charge in [0.1, 0.15) is 29.2 Å². The maximum atomic E-state index is 13.7. The van der Waals surface area contributed by atoms with E-state index in [1.165, 1.54) is 0 Å². The van der Waals surface area contributed by atoms with Gasteiger partial charge in [0.15, 0.2) is 0 Å². The number of rotatable bonds is 7. The number of amides is 1. The lowest BCUT2D eigenvalue weighted by atomic mass is 9.95. The fraction of sp³-hybridized carbons (Fsp3) is 0.524. The molecular weight excluding hydrogens is 447 g/mol. The molecule has 0 spiro atoms. The second-order valence-corrected chi connectivity index (χ2v) is 7.70. The molecule has 2 N–H and O–H groups in total. The molecule has 1 amide bonds. The molecule has 1 unspecified atom stereocenters. The maximum absolute atomic E-state index is 13.7. The molecule has 9 nitrogen and oxygen atoms in total. The predicted octanol–water partition coefficient (Wildman–Crippen LogP) is 2.23. The smallest absolute Gasteiger partial charge is 0.433 e. The van der Waals surface area contributed by atoms with Gasteiger partial charge in [0.2, 0.25) is 0 Å². The summed E-state index contributed by atoms with van der Waals surface area (Å²) in [6.45, 7) is 1.87. The Hall–Kier alpha value is -3.15. The lowest BCUT2D eigenvalue weighted by molar-refractivity contribution is -0.143. The Labute approximate surface area is 186 Å². The number of esters is 1. The number of pyridine rings is 2. The number of nitrogens with zero attached hydrogens (tertiary/aromatic N) is 2. The number of alkyl halides is 3. The first-order valence-electron chi connectivity index (χ1n) is 10.4. The molecule has 1 aliphatic rings. The summed E-state index contributed by atoms with van der Waals surface area (Å²) in [6.07, 6.45) is -3.02. The van der Waals surface area contributed by atoms with E-state index >= 15 is 0 Å². The highest BCUT2D eigenvalue weighted by Crippen LogP contribution is 2.39. The number of aromatic nitrogens is 2. The van der Waals surface area contributed by atoms with Gasteiger partial charge in [0.25, 0.3) is 11.5 Å². The molecule has 2 aromatic heterocycles. The summed E-state index contributed by atoms with van der Waals surface area (Å²) in [4.78, 5) is 40.6. The lowest BCUT2D eigenvalue weighted by Gasteiger charge is -2.19. The van der Waals surface area contributed by atoms with E-state index in [2.05, 4.69) is 10.3 Å². The summed E-state index contributed by atoms with van der Waals surface area (Å²) in [7, 11) is 1.14. The zero-order chi connectivity index (χ0) is 24.3. The number of carbonyl (C=O) groups excluding carboxylic acids is 2. The van der Waals surface area contributed by atoms with Crippen LogP contribution in [0.25, 0.3) is 11.0 Å². The van der Waals surface area contributed by atoms with Crippen molar-refractivity contribution >= 4 is 22.9 Å². The maximum Gasteiger partial charge on any atom is 0.433 e. The number of hydrogen-bond acceptors (Lipinski definition) is 7. The van der Waals surface area contributed by atoms with Gasteiger partial charge in [-0.05, 0) is 24.5 Å². The zero-order valence-corrected chi connectivity index (χ0v) is 18.1. The van der Waals surface area contributed by atoms with E-state index in [9.17, 15) is 32.7 Å². The molecule has 0 radical (unpaired) electrons. The molecule has 2 aromatic rings. The molecular formula is C21H24F3N3O6. The predicted molar refractivity (Wildman–Crippen MR) is 110 cm³/mol. The number of carbonyl (C=O) groups is 2. The molecule has 0 aromatic carbocycles. The van der Waals surface area contributed by atoms with Crippen molar-refractivity contribution in [3.8, 4) is 5.75 Å². The summed E-state index contributed by atoms with van der Waals surface area (Å²) < 4.78 is 52.0. The van der Waals surface area contributed by atoms with Gasteiger partial charge in [0.05, 0.1) is 18.6 Å². The summed E-state index contributed by atoms with van der Waals surface area (Å²) in [6, 6.07) is 1.09. The van der Waals surface area contributed by atoms with Crippen LogP contribution in [-0.2, 0) is 27.5 Å². The van der Waals surface area contributed by atoms with Crippen molar-refractivity contribution in [2.45, 2.75) is 38.3 Å². The Morgan fingerprint density at radius 2 is 2.12 bits per heavy atom. The first-order chi connectivity index (χ1) is 15.6. The molecule has 1 atom stereocenters. The van der Waals surface area contributed by atoms with Crippen molar-refractivity contribution < 1.29 is 37.3 Å². The molecule has 1 saturated heterocycles. The van der Waals surface area contributed by atoms with Crippen LogP contribution in [0.15, 0.2) is 10.9 Å². The van der Waals surface area contributed by atoms with Gasteiger partial charge in [-0.3, -0.25) is 19.0 Å². The van der Waals surface area contributed by atoms with Crippen LogP contribution < -0.4 is 10.9 Å². The Morgan fingerprint density at radius 1 is 1.39 bits per heavy atom. The number of nitrogens with one attached hydrogen (secondary N) is 1. The van der Waals surface area contributed by atoms with Crippen LogP contribution >= 0.6 is 0 Å². The van der Waals surface area contributed by atoms with Crippen LogP contribution in [0.3, 0.4) is 0 Å². The van der Waals surface area contributed by atoms with Crippen molar-refractivity contribution in [1.29, 1.82) is 0 Å². The average Bonchev–Trinajstić information content (AvgIpc) is 3.30. The zero-order valence-electron chi connectivity index (χ0n) is 18.1. The first kappa shape index (κ1) is 24.5. The average molecular weight is 471 g/mol. The molecule has 0 saturated carbocycles. The standard InChI is InChI=1S/C21H24F3N3O6/c1-3-4-6-33-14(28)9-25-19(30)15-16(29)13-8-12(11-5-7-32-10-11)17(21(22,23)24)26-18(13)27(2)20(15)31/h8,11,29H,3-7,9-10H2,1-2H3,(H,25,30). The molecule has 1 aliphatic heterocycles. The number of halogens is 3. The van der Waals surface area contributed by atoms with E-state index in [4.69, 9.17) is 9.47 Å². The van der Waals surface area contributed by atoms with E-state index in [1.807, 2.05) is 6.92 Å². The number of hydrogen-bond donors (Lipinski definition) is 2. The van der Waals surface area contributed by atoms with Crippen LogP contribution in [0, 0.1) is 0 Å². The van der Waals surface area contributed by atoms with Gasteiger partial charge in [-0.15, -0.1) is 0 Å². The van der Waals surface area contributed by atoms with Crippen molar-refractivity contribution in [2.24, 2.45) is 7.05 Å². The van der Waals surface area contributed by atoms with Crippen molar-refractivity contribution in [1.82, 2.24) is 14.9 Å². The first-order valence-corrected chi connectivity index (χ1v) is 10.4.